The summed E-state index contributed by atoms with van der Waals surface area (Å²) in [7, 11) is 0. The monoisotopic (exact) mass is 401 g/mol. The van der Waals surface area contributed by atoms with Crippen LogP contribution < -0.4 is 9.80 Å². The fourth-order valence-electron chi connectivity index (χ4n) is 6.68. The third-order valence-corrected chi connectivity index (χ3v) is 8.24. The van der Waals surface area contributed by atoms with E-state index < -0.39 is 0 Å². The molecule has 156 valence electrons. The van der Waals surface area contributed by atoms with Crippen molar-refractivity contribution in [3.63, 3.8) is 0 Å². The van der Waals surface area contributed by atoms with Crippen LogP contribution in [-0.2, 0) is 13.1 Å². The van der Waals surface area contributed by atoms with Gasteiger partial charge in [-0.2, -0.15) is 0 Å². The summed E-state index contributed by atoms with van der Waals surface area (Å²) < 4.78 is 2.45. The van der Waals surface area contributed by atoms with Crippen LogP contribution in [-0.4, -0.2) is 37.3 Å². The average Bonchev–Trinajstić information content (AvgIpc) is 3.48. The largest absolute Gasteiger partial charge is 0.341 e. The normalized spacial score (nSPS) is 30.6. The average molecular weight is 402 g/mol. The van der Waals surface area contributed by atoms with Gasteiger partial charge in [-0.3, -0.25) is 0 Å². The Balaban J connectivity index is 1.13. The predicted molar refractivity (Wildman–Crippen MR) is 124 cm³/mol. The number of fused-ring (bicyclic) bond motifs is 5. The van der Waals surface area contributed by atoms with E-state index in [2.05, 4.69) is 66.1 Å². The van der Waals surface area contributed by atoms with E-state index in [1.807, 2.05) is 4.90 Å². The van der Waals surface area contributed by atoms with Crippen molar-refractivity contribution in [2.75, 3.05) is 32.7 Å². The SMILES string of the molecule is CCn1c2ccccc2c2cc(C[NH+]3CC[NH+](C[C@H]4C[C@H]5C=C[C@H]4C5)CC3)ccc21. The first-order chi connectivity index (χ1) is 14.8. The highest BCUT2D eigenvalue weighted by Crippen LogP contribution is 2.42. The molecule has 0 radical (unpaired) electrons. The van der Waals surface area contributed by atoms with Crippen molar-refractivity contribution >= 4 is 21.8 Å². The number of hydrogen-bond donors (Lipinski definition) is 2. The lowest BCUT2D eigenvalue weighted by molar-refractivity contribution is -1.02. The number of nitrogens with one attached hydrogen (secondary N) is 2. The first-order valence-electron chi connectivity index (χ1n) is 12.1. The second-order valence-electron chi connectivity index (χ2n) is 10.0. The van der Waals surface area contributed by atoms with Crippen LogP contribution in [0.1, 0.15) is 25.3 Å². The van der Waals surface area contributed by atoms with Gasteiger partial charge in [-0.25, -0.2) is 0 Å². The van der Waals surface area contributed by atoms with Gasteiger partial charge in [0, 0.05) is 39.8 Å². The first kappa shape index (κ1) is 18.7. The lowest BCUT2D eigenvalue weighted by Gasteiger charge is -2.32. The molecular formula is C27H35N3+2. The molecule has 0 unspecified atom stereocenters. The fraction of sp³-hybridized carbons (Fsp3) is 0.481. The highest BCUT2D eigenvalue weighted by atomic mass is 15.3. The third kappa shape index (κ3) is 3.19. The Morgan fingerprint density at radius 3 is 2.43 bits per heavy atom. The Bertz CT molecular complexity index is 1090. The summed E-state index contributed by atoms with van der Waals surface area (Å²) in [4.78, 5) is 3.64. The van der Waals surface area contributed by atoms with Gasteiger partial charge < -0.3 is 14.4 Å². The lowest BCUT2D eigenvalue weighted by atomic mass is 9.93. The van der Waals surface area contributed by atoms with Crippen molar-refractivity contribution in [1.82, 2.24) is 4.57 Å². The smallest absolute Gasteiger partial charge is 0.127 e. The molecule has 3 atom stereocenters. The van der Waals surface area contributed by atoms with E-state index in [0.29, 0.717) is 0 Å². The predicted octanol–water partition coefficient (Wildman–Crippen LogP) is 2.31. The zero-order chi connectivity index (χ0) is 20.1. The molecule has 2 heterocycles. The summed E-state index contributed by atoms with van der Waals surface area (Å²) in [6.45, 7) is 11.2. The number of nitrogens with zero attached hydrogens (tertiary/aromatic N) is 1. The molecule has 1 aliphatic heterocycles. The Morgan fingerprint density at radius 1 is 0.867 bits per heavy atom. The van der Waals surface area contributed by atoms with Gasteiger partial charge in [0.05, 0.1) is 6.54 Å². The first-order valence-corrected chi connectivity index (χ1v) is 12.1. The molecule has 2 N–H and O–H groups in total. The quantitative estimate of drug-likeness (QED) is 0.610. The van der Waals surface area contributed by atoms with Crippen LogP contribution >= 0.6 is 0 Å². The molecule has 30 heavy (non-hydrogen) atoms. The van der Waals surface area contributed by atoms with Crippen molar-refractivity contribution in [1.29, 1.82) is 0 Å². The summed E-state index contributed by atoms with van der Waals surface area (Å²) >= 11 is 0. The van der Waals surface area contributed by atoms with E-state index in [1.165, 1.54) is 79.5 Å². The van der Waals surface area contributed by atoms with Crippen LogP contribution in [0, 0.1) is 17.8 Å². The molecule has 1 saturated heterocycles. The molecule has 0 amide bonds. The van der Waals surface area contributed by atoms with Gasteiger partial charge in [-0.1, -0.05) is 36.4 Å². The maximum atomic E-state index is 2.52. The van der Waals surface area contributed by atoms with E-state index in [1.54, 1.807) is 4.90 Å². The molecular weight excluding hydrogens is 366 g/mol. The Kier molecular flexibility index (Phi) is 4.69. The maximum Gasteiger partial charge on any atom is 0.127 e. The molecule has 3 heteroatoms. The van der Waals surface area contributed by atoms with Gasteiger partial charge in [0.15, 0.2) is 0 Å². The highest BCUT2D eigenvalue weighted by molar-refractivity contribution is 6.08. The van der Waals surface area contributed by atoms with E-state index in [9.17, 15) is 0 Å². The minimum absolute atomic E-state index is 0.907. The molecule has 1 aromatic heterocycles. The zero-order valence-electron chi connectivity index (χ0n) is 18.2. The summed E-state index contributed by atoms with van der Waals surface area (Å²) in [6.07, 6.45) is 7.91. The number of allylic oxidation sites excluding steroid dienone is 2. The van der Waals surface area contributed by atoms with Crippen LogP contribution in [0.3, 0.4) is 0 Å². The number of aromatic nitrogens is 1. The fourth-order valence-corrected chi connectivity index (χ4v) is 6.68. The Hall–Kier alpha value is -2.10. The minimum Gasteiger partial charge on any atom is -0.341 e. The summed E-state index contributed by atoms with van der Waals surface area (Å²) in [5.74, 6) is 2.79. The van der Waals surface area contributed by atoms with Crippen LogP contribution in [0.5, 0.6) is 0 Å². The molecule has 3 aliphatic rings. The number of piperazine rings is 1. The van der Waals surface area contributed by atoms with Gasteiger partial charge in [0.25, 0.3) is 0 Å². The molecule has 2 aliphatic carbocycles. The van der Waals surface area contributed by atoms with Crippen LogP contribution in [0.2, 0.25) is 0 Å². The Morgan fingerprint density at radius 2 is 1.67 bits per heavy atom. The lowest BCUT2D eigenvalue weighted by Crippen LogP contribution is -3.27. The highest BCUT2D eigenvalue weighted by Gasteiger charge is 2.38. The van der Waals surface area contributed by atoms with Crippen LogP contribution in [0.15, 0.2) is 54.6 Å². The summed E-state index contributed by atoms with van der Waals surface area (Å²) in [5, 5.41) is 2.83. The molecule has 3 aromatic rings. The third-order valence-electron chi connectivity index (χ3n) is 8.24. The van der Waals surface area contributed by atoms with E-state index in [4.69, 9.17) is 0 Å². The van der Waals surface area contributed by atoms with E-state index in [0.717, 1.165) is 24.3 Å². The van der Waals surface area contributed by atoms with Crippen molar-refractivity contribution in [2.24, 2.45) is 17.8 Å². The second kappa shape index (κ2) is 7.55. The van der Waals surface area contributed by atoms with Crippen molar-refractivity contribution in [2.45, 2.75) is 32.9 Å². The van der Waals surface area contributed by atoms with Gasteiger partial charge in [0.1, 0.15) is 32.7 Å². The van der Waals surface area contributed by atoms with Crippen molar-refractivity contribution in [3.05, 3.63) is 60.2 Å². The number of benzene rings is 2. The van der Waals surface area contributed by atoms with E-state index >= 15 is 0 Å². The number of rotatable bonds is 5. The summed E-state index contributed by atoms with van der Waals surface area (Å²) in [5.41, 5.74) is 4.25. The molecule has 1 saturated carbocycles. The van der Waals surface area contributed by atoms with Crippen molar-refractivity contribution in [3.8, 4) is 0 Å². The topological polar surface area (TPSA) is 13.8 Å². The second-order valence-corrected chi connectivity index (χ2v) is 10.0. The minimum atomic E-state index is 0.907. The van der Waals surface area contributed by atoms with Crippen molar-refractivity contribution < 1.29 is 9.80 Å². The summed E-state index contributed by atoms with van der Waals surface area (Å²) in [6, 6.07) is 16.1. The van der Waals surface area contributed by atoms with Gasteiger partial charge in [0.2, 0.25) is 0 Å². The van der Waals surface area contributed by atoms with Gasteiger partial charge in [-0.05, 0) is 49.8 Å². The zero-order valence-corrected chi connectivity index (χ0v) is 18.2. The number of quaternary nitrogens is 2. The molecule has 2 fully saturated rings. The molecule has 6 rings (SSSR count). The molecule has 2 bridgehead atoms. The van der Waals surface area contributed by atoms with Crippen LogP contribution in [0.4, 0.5) is 0 Å². The number of hydrogen-bond acceptors (Lipinski definition) is 0. The van der Waals surface area contributed by atoms with E-state index in [-0.39, 0.29) is 0 Å². The standard InChI is InChI=1S/C27H33N3/c1-2-30-26-6-4-3-5-24(26)25-17-21(8-10-27(25)30)18-28-11-13-29(14-12-28)19-23-16-20-7-9-22(23)15-20/h3-10,17,20,22-23H,2,11-16,18-19H2,1H3/p+2/t20-,22-,23+/m0/s1. The molecule has 0 spiro atoms. The molecule has 2 aromatic carbocycles. The number of para-hydroxylation sites is 1. The van der Waals surface area contributed by atoms with Crippen LogP contribution in [0.25, 0.3) is 21.8 Å². The number of aryl methyl sites for hydroxylation is 1. The van der Waals surface area contributed by atoms with Gasteiger partial charge >= 0.3 is 0 Å². The molecule has 3 nitrogen and oxygen atoms in total. The Labute approximate surface area is 180 Å². The van der Waals surface area contributed by atoms with Gasteiger partial charge in [-0.15, -0.1) is 0 Å². The maximum absolute atomic E-state index is 2.52.